The van der Waals surface area contributed by atoms with Crippen LogP contribution in [0.15, 0.2) is 370 Å². The first-order chi connectivity index (χ1) is 56.7. The number of phenols is 2. The minimum absolute atomic E-state index is 0. The standard InChI is InChI=1S/C40H25N3.C18H13NO.C17H11NOS.2C13H9NOS.Be.Zn/c1-3-13-26(14-4-1)37-41-38(27-15-5-2-6-16-27)43-39(42-37)28-23-24-32-31-19-9-12-22-35(31)40(36(32)25-28)33-20-10-7-17-29(33)30-18-8-11-21-34(30)40;20-18-14-7-3-1-5-12(14)9-10-15(18)17-11-13-6-2-4-8-16(13)19-17;19-16-12-6-2-1-5-11(12)9-10-13(16)17-18-14-7-3-4-8-15(14)20-17;2*15-11-7-3-1-5-9(11)13-14-10-6-2-4-8-12(10)16-13;;/h1-25H;1-10,20H,11H2;1-10,19H;2*1-8,15H;;/q;;;;;+2;. The molecule has 117 heavy (non-hydrogen) atoms. The normalized spacial score (nSPS) is 12.0. The van der Waals surface area contributed by atoms with Gasteiger partial charge in [0.2, 0.25) is 11.2 Å². The molecule has 550 valence electrons. The molecule has 20 aromatic rings. The number of para-hydroxylation sites is 6. The van der Waals surface area contributed by atoms with E-state index < -0.39 is 5.41 Å². The fraction of sp³-hybridized carbons (Fsp3) is 0.0198. The van der Waals surface area contributed by atoms with Crippen molar-refractivity contribution < 1.29 is 49.9 Å². The van der Waals surface area contributed by atoms with E-state index in [2.05, 4.69) is 147 Å². The Hall–Kier alpha value is -13.6. The third-order valence-corrected chi connectivity index (χ3v) is 24.4. The Labute approximate surface area is 703 Å². The fourth-order valence-corrected chi connectivity index (χ4v) is 18.8. The van der Waals surface area contributed by atoms with Crippen LogP contribution in [-0.2, 0) is 31.3 Å². The summed E-state index contributed by atoms with van der Waals surface area (Å²) >= 11 is 4.80. The molecule has 1 aliphatic heterocycles. The van der Waals surface area contributed by atoms with Crippen molar-refractivity contribution in [1.29, 1.82) is 0 Å². The van der Waals surface area contributed by atoms with E-state index in [0.29, 0.717) is 17.5 Å². The summed E-state index contributed by atoms with van der Waals surface area (Å²) < 4.78 is 3.44. The van der Waals surface area contributed by atoms with E-state index >= 15 is 0 Å². The molecule has 11 nitrogen and oxygen atoms in total. The largest absolute Gasteiger partial charge is 2.00 e. The maximum Gasteiger partial charge on any atom is 2.00 e. The Morgan fingerprint density at radius 2 is 0.726 bits per heavy atom. The van der Waals surface area contributed by atoms with Gasteiger partial charge in [0.25, 0.3) is 5.01 Å². The number of phenolic OH excluding ortho intramolecular Hbond substituents is 2. The third kappa shape index (κ3) is 14.5. The zero-order chi connectivity index (χ0) is 77.4. The molecular weight excluding hydrogens is 1550 g/mol. The minimum Gasteiger partial charge on any atom is -0.871 e. The second-order valence-electron chi connectivity index (χ2n) is 28.0. The fourth-order valence-electron chi connectivity index (χ4n) is 15.8. The van der Waals surface area contributed by atoms with Crippen LogP contribution in [0.3, 0.4) is 0 Å². The second-order valence-corrected chi connectivity index (χ2v) is 31.1. The van der Waals surface area contributed by atoms with Crippen molar-refractivity contribution in [2.75, 3.05) is 0 Å². The molecular formula is C101H67BeN7O4S3Zn+2. The summed E-state index contributed by atoms with van der Waals surface area (Å²) in [6.07, 6.45) is 0.795. The topological polar surface area (TPSA) is 179 Å². The summed E-state index contributed by atoms with van der Waals surface area (Å²) in [7, 11) is 0. The second kappa shape index (κ2) is 33.1. The summed E-state index contributed by atoms with van der Waals surface area (Å²) in [5, 5.41) is 50.9. The summed E-state index contributed by atoms with van der Waals surface area (Å²) in [6, 6.07) is 124. The Bertz CT molecular complexity index is 6800. The number of benzene rings is 16. The summed E-state index contributed by atoms with van der Waals surface area (Å²) in [6.45, 7) is 0. The van der Waals surface area contributed by atoms with Crippen LogP contribution in [-0.4, -0.2) is 51.0 Å². The third-order valence-electron chi connectivity index (χ3n) is 21.2. The van der Waals surface area contributed by atoms with E-state index in [1.165, 1.54) is 50.1 Å². The van der Waals surface area contributed by atoms with Crippen LogP contribution in [0.4, 0.5) is 5.69 Å². The van der Waals surface area contributed by atoms with Crippen LogP contribution in [0.5, 0.6) is 23.0 Å². The molecule has 0 unspecified atom stereocenters. The van der Waals surface area contributed by atoms with Crippen molar-refractivity contribution in [3.8, 4) is 111 Å². The average molecular weight is 1610 g/mol. The molecule has 23 rings (SSSR count). The molecule has 0 fully saturated rings. The number of rotatable bonds is 7. The van der Waals surface area contributed by atoms with Crippen molar-refractivity contribution in [3.63, 3.8) is 0 Å². The van der Waals surface area contributed by atoms with Gasteiger partial charge in [-0.2, -0.15) is 4.98 Å². The van der Waals surface area contributed by atoms with E-state index in [9.17, 15) is 20.4 Å². The molecule has 0 saturated heterocycles. The molecule has 0 atom stereocenters. The summed E-state index contributed by atoms with van der Waals surface area (Å²) in [5.41, 5.74) is 22.4. The quantitative estimate of drug-likeness (QED) is 0.131. The van der Waals surface area contributed by atoms with Crippen molar-refractivity contribution in [1.82, 2.24) is 24.9 Å². The number of aromatic nitrogens is 6. The SMILES string of the molecule is Oc1ccccc1-c1nc2ccccc2s1.Oc1ccccc1-c1nc2ccccc2s1.[Be+2].[O-]c1c(-c2[nH+]c3ccccc3s2)ccc2ccccc12.[O-]c1c(C2=[NH+]c3ccccc3C2)ccc2ccccc12.[Zn].c1ccc(-c2nc(-c3ccccc3)nc(-c3ccc4c(c3)C3(c5ccccc5-c5ccccc53)c3ccccc3-4)n2)cc1. The molecule has 3 aliphatic rings. The predicted molar refractivity (Wildman–Crippen MR) is 471 cm³/mol. The van der Waals surface area contributed by atoms with Crippen LogP contribution in [0.1, 0.15) is 33.4 Å². The number of nitrogens with zero attached hydrogens (tertiary/aromatic N) is 5. The number of hydrogen-bond donors (Lipinski definition) is 3. The van der Waals surface area contributed by atoms with Gasteiger partial charge in [0.1, 0.15) is 26.2 Å². The Kier molecular flexibility index (Phi) is 21.5. The van der Waals surface area contributed by atoms with Crippen molar-refractivity contribution in [2.45, 2.75) is 11.8 Å². The number of aromatic hydroxyl groups is 2. The summed E-state index contributed by atoms with van der Waals surface area (Å²) in [4.78, 5) is 30.7. The molecule has 0 amide bonds. The van der Waals surface area contributed by atoms with Crippen molar-refractivity contribution in [3.05, 3.63) is 403 Å². The van der Waals surface area contributed by atoms with Gasteiger partial charge < -0.3 is 20.4 Å². The number of aromatic amines is 1. The first-order valence-corrected chi connectivity index (χ1v) is 40.2. The number of hydrogen-bond acceptors (Lipinski definition) is 12. The van der Waals surface area contributed by atoms with E-state index in [-0.39, 0.29) is 52.6 Å². The van der Waals surface area contributed by atoms with E-state index in [4.69, 9.17) is 15.0 Å². The molecule has 0 bridgehead atoms. The van der Waals surface area contributed by atoms with Gasteiger partial charge in [-0.15, -0.1) is 22.7 Å². The molecule has 4 aromatic heterocycles. The van der Waals surface area contributed by atoms with Gasteiger partial charge >= 0.3 is 10.1 Å². The van der Waals surface area contributed by atoms with Crippen molar-refractivity contribution >= 4 is 108 Å². The Morgan fingerprint density at radius 1 is 0.325 bits per heavy atom. The predicted octanol–water partition coefficient (Wildman–Crippen LogP) is 21.5. The minimum atomic E-state index is -0.410. The van der Waals surface area contributed by atoms with Crippen LogP contribution in [0.25, 0.3) is 140 Å². The van der Waals surface area contributed by atoms with Crippen LogP contribution >= 0.6 is 34.0 Å². The van der Waals surface area contributed by atoms with Gasteiger partial charge in [-0.3, -0.25) is 0 Å². The van der Waals surface area contributed by atoms with Gasteiger partial charge in [0, 0.05) is 59.4 Å². The van der Waals surface area contributed by atoms with E-state index in [1.807, 2.05) is 231 Å². The maximum atomic E-state index is 12.6. The van der Waals surface area contributed by atoms with E-state index in [1.54, 1.807) is 46.1 Å². The van der Waals surface area contributed by atoms with Gasteiger partial charge in [-0.25, -0.2) is 29.9 Å². The molecule has 16 heteroatoms. The van der Waals surface area contributed by atoms with Gasteiger partial charge in [-0.1, -0.05) is 308 Å². The van der Waals surface area contributed by atoms with Crippen molar-refractivity contribution in [2.24, 2.45) is 0 Å². The average Bonchev–Trinajstić information content (AvgIpc) is 1.51. The first-order valence-electron chi connectivity index (χ1n) is 37.8. The molecule has 16 aromatic carbocycles. The first kappa shape index (κ1) is 76.0. The molecule has 1 spiro atoms. The number of fused-ring (bicyclic) bond motifs is 16. The van der Waals surface area contributed by atoms with Gasteiger partial charge in [-0.05, 0) is 139 Å². The number of thiazole rings is 3. The van der Waals surface area contributed by atoms with E-state index in [0.717, 1.165) is 124 Å². The molecule has 5 heterocycles. The smallest absolute Gasteiger partial charge is 0.871 e. The molecule has 4 N–H and O–H groups in total. The number of nitrogens with one attached hydrogen (secondary N) is 2. The Balaban J connectivity index is 0.000000112. The molecule has 2 aliphatic carbocycles. The molecule has 0 radical (unpaired) electrons. The monoisotopic (exact) mass is 1610 g/mol. The zero-order valence-corrected chi connectivity index (χ0v) is 68.4. The van der Waals surface area contributed by atoms with Crippen LogP contribution in [0.2, 0.25) is 0 Å². The maximum absolute atomic E-state index is 12.6. The van der Waals surface area contributed by atoms with Gasteiger partial charge in [0.15, 0.2) is 23.2 Å². The molecule has 0 saturated carbocycles. The van der Waals surface area contributed by atoms with Crippen LogP contribution < -0.4 is 20.2 Å². The number of H-pyrrole nitrogens is 1. The Morgan fingerprint density at radius 3 is 1.24 bits per heavy atom. The van der Waals surface area contributed by atoms with Crippen LogP contribution in [0, 0.1) is 0 Å². The van der Waals surface area contributed by atoms with Gasteiger partial charge in [0.05, 0.1) is 49.0 Å². The summed E-state index contributed by atoms with van der Waals surface area (Å²) in [5.74, 6) is 2.76. The zero-order valence-electron chi connectivity index (χ0n) is 63.0.